The average molecular weight is 214 g/mol. The fraction of sp³-hybridized carbons (Fsp3) is 0.400. The van der Waals surface area contributed by atoms with E-state index in [1.807, 2.05) is 0 Å². The summed E-state index contributed by atoms with van der Waals surface area (Å²) >= 11 is 0. The predicted octanol–water partition coefficient (Wildman–Crippen LogP) is 1.47. The first kappa shape index (κ1) is 6.58. The van der Waals surface area contributed by atoms with Crippen LogP contribution in [0.2, 0.25) is 0 Å². The maximum Gasteiger partial charge on any atom is 0.243 e. The summed E-state index contributed by atoms with van der Waals surface area (Å²) in [4.78, 5) is 0.0306. The van der Waals surface area contributed by atoms with E-state index in [-0.39, 0.29) is 10.9 Å². The highest BCUT2D eigenvalue weighted by Gasteiger charge is 2.34. The van der Waals surface area contributed by atoms with Crippen LogP contribution in [0, 0.1) is 0 Å². The molecule has 0 atom stereocenters. The summed E-state index contributed by atoms with van der Waals surface area (Å²) in [6.45, 7) is -2.62. The SMILES string of the molecule is [2H]C([2H])([2H])N(C1CC1)S(=O)(=O)c1ccccc1. The van der Waals surface area contributed by atoms with E-state index in [0.717, 1.165) is 0 Å². The molecule has 4 heteroatoms. The first-order valence-electron chi connectivity index (χ1n) is 5.93. The molecule has 0 heterocycles. The van der Waals surface area contributed by atoms with Crippen LogP contribution in [-0.2, 0) is 10.0 Å². The minimum Gasteiger partial charge on any atom is -0.207 e. The molecule has 2 rings (SSSR count). The summed E-state index contributed by atoms with van der Waals surface area (Å²) in [6.07, 6.45) is 1.23. The average Bonchev–Trinajstić information content (AvgIpc) is 3.01. The Morgan fingerprint density at radius 3 is 2.50 bits per heavy atom. The molecule has 0 N–H and O–H groups in total. The largest absolute Gasteiger partial charge is 0.243 e. The summed E-state index contributed by atoms with van der Waals surface area (Å²) in [5.74, 6) is 0. The number of benzene rings is 1. The van der Waals surface area contributed by atoms with Crippen LogP contribution in [0.3, 0.4) is 0 Å². The van der Waals surface area contributed by atoms with E-state index in [1.165, 1.54) is 12.1 Å². The standard InChI is InChI=1S/C10H13NO2S/c1-11(9-7-8-9)14(12,13)10-5-3-2-4-6-10/h2-6,9H,7-8H2,1H3/i1D3. The van der Waals surface area contributed by atoms with Gasteiger partial charge in [-0.15, -0.1) is 0 Å². The third-order valence-electron chi connectivity index (χ3n) is 2.18. The second kappa shape index (κ2) is 3.37. The molecule has 3 nitrogen and oxygen atoms in total. The van der Waals surface area contributed by atoms with E-state index in [1.54, 1.807) is 18.2 Å². The van der Waals surface area contributed by atoms with Gasteiger partial charge in [0.25, 0.3) is 0 Å². The quantitative estimate of drug-likeness (QED) is 0.764. The van der Waals surface area contributed by atoms with Crippen LogP contribution in [0.25, 0.3) is 0 Å². The second-order valence-electron chi connectivity index (χ2n) is 3.35. The molecule has 76 valence electrons. The van der Waals surface area contributed by atoms with Gasteiger partial charge in [0.1, 0.15) is 0 Å². The van der Waals surface area contributed by atoms with Crippen LogP contribution in [0.15, 0.2) is 35.2 Å². The Labute approximate surface area is 88.6 Å². The molecule has 0 saturated heterocycles. The Morgan fingerprint density at radius 2 is 2.00 bits per heavy atom. The Bertz CT molecular complexity index is 494. The van der Waals surface area contributed by atoms with Gasteiger partial charge < -0.3 is 0 Å². The highest BCUT2D eigenvalue weighted by atomic mass is 32.2. The van der Waals surface area contributed by atoms with Gasteiger partial charge in [-0.25, -0.2) is 8.42 Å². The Kier molecular flexibility index (Phi) is 1.58. The van der Waals surface area contributed by atoms with E-state index >= 15 is 0 Å². The zero-order chi connectivity index (χ0) is 12.7. The second-order valence-corrected chi connectivity index (χ2v) is 5.16. The van der Waals surface area contributed by atoms with Gasteiger partial charge in [0.2, 0.25) is 10.0 Å². The van der Waals surface area contributed by atoms with Crippen LogP contribution in [0.5, 0.6) is 0 Å². The molecule has 0 spiro atoms. The smallest absolute Gasteiger partial charge is 0.207 e. The van der Waals surface area contributed by atoms with Crippen molar-refractivity contribution in [3.63, 3.8) is 0 Å². The fourth-order valence-corrected chi connectivity index (χ4v) is 2.54. The first-order chi connectivity index (χ1) is 7.83. The van der Waals surface area contributed by atoms with Crippen LogP contribution >= 0.6 is 0 Å². The molecule has 1 aromatic carbocycles. The molecule has 1 saturated carbocycles. The highest BCUT2D eigenvalue weighted by molar-refractivity contribution is 7.89. The number of rotatable bonds is 3. The molecular formula is C10H13NO2S. The lowest BCUT2D eigenvalue weighted by atomic mass is 10.4. The molecule has 0 amide bonds. The van der Waals surface area contributed by atoms with E-state index < -0.39 is 17.0 Å². The molecule has 0 unspecified atom stereocenters. The topological polar surface area (TPSA) is 37.4 Å². The van der Waals surface area contributed by atoms with E-state index in [4.69, 9.17) is 4.11 Å². The predicted molar refractivity (Wildman–Crippen MR) is 54.4 cm³/mol. The van der Waals surface area contributed by atoms with E-state index in [2.05, 4.69) is 0 Å². The van der Waals surface area contributed by atoms with Gasteiger partial charge in [-0.2, -0.15) is 4.31 Å². The molecule has 0 radical (unpaired) electrons. The monoisotopic (exact) mass is 214 g/mol. The van der Waals surface area contributed by atoms with Crippen LogP contribution in [0.4, 0.5) is 0 Å². The van der Waals surface area contributed by atoms with E-state index in [0.29, 0.717) is 17.1 Å². The van der Waals surface area contributed by atoms with Gasteiger partial charge in [0.05, 0.1) is 4.90 Å². The first-order valence-corrected chi connectivity index (χ1v) is 5.87. The summed E-state index contributed by atoms with van der Waals surface area (Å²) in [6, 6.07) is 7.30. The molecule has 0 bridgehead atoms. The van der Waals surface area contributed by atoms with Crippen molar-refractivity contribution in [2.75, 3.05) is 6.98 Å². The van der Waals surface area contributed by atoms with Crippen molar-refractivity contribution >= 4 is 10.0 Å². The van der Waals surface area contributed by atoms with Crippen molar-refractivity contribution in [1.82, 2.24) is 4.31 Å². The lowest BCUT2D eigenvalue weighted by molar-refractivity contribution is 0.464. The summed E-state index contributed by atoms with van der Waals surface area (Å²) in [7, 11) is -3.92. The van der Waals surface area contributed by atoms with Crippen molar-refractivity contribution in [3.8, 4) is 0 Å². The fourth-order valence-electron chi connectivity index (χ4n) is 1.21. The van der Waals surface area contributed by atoms with Gasteiger partial charge >= 0.3 is 0 Å². The zero-order valence-corrected chi connectivity index (χ0v) is 8.37. The molecule has 1 aromatic rings. The Balaban J connectivity index is 2.43. The Morgan fingerprint density at radius 1 is 1.36 bits per heavy atom. The van der Waals surface area contributed by atoms with Gasteiger partial charge in [-0.1, -0.05) is 18.2 Å². The minimum absolute atomic E-state index is 0.0306. The maximum absolute atomic E-state index is 12.2. The van der Waals surface area contributed by atoms with Crippen LogP contribution < -0.4 is 0 Å². The van der Waals surface area contributed by atoms with Crippen molar-refractivity contribution in [1.29, 1.82) is 0 Å². The third kappa shape index (κ3) is 1.67. The number of hydrogen-bond acceptors (Lipinski definition) is 2. The van der Waals surface area contributed by atoms with Crippen molar-refractivity contribution in [2.24, 2.45) is 0 Å². The molecule has 0 aromatic heterocycles. The highest BCUT2D eigenvalue weighted by Crippen LogP contribution is 2.30. The molecule has 14 heavy (non-hydrogen) atoms. The normalized spacial score (nSPS) is 21.4. The summed E-state index contributed by atoms with van der Waals surface area (Å²) in [5.41, 5.74) is 0. The molecule has 1 aliphatic carbocycles. The number of hydrogen-bond donors (Lipinski definition) is 0. The van der Waals surface area contributed by atoms with Gasteiger partial charge in [0, 0.05) is 17.1 Å². The van der Waals surface area contributed by atoms with Crippen LogP contribution in [0.1, 0.15) is 17.0 Å². The molecule has 0 aliphatic heterocycles. The lowest BCUT2D eigenvalue weighted by Gasteiger charge is -2.15. The van der Waals surface area contributed by atoms with Crippen molar-refractivity contribution in [2.45, 2.75) is 23.8 Å². The number of sulfonamides is 1. The summed E-state index contributed by atoms with van der Waals surface area (Å²) in [5, 5.41) is 0. The van der Waals surface area contributed by atoms with Crippen molar-refractivity contribution in [3.05, 3.63) is 30.3 Å². The maximum atomic E-state index is 12.2. The molecule has 1 fully saturated rings. The minimum atomic E-state index is -3.92. The van der Waals surface area contributed by atoms with Gasteiger partial charge in [-0.05, 0) is 25.0 Å². The lowest BCUT2D eigenvalue weighted by Crippen LogP contribution is -2.28. The van der Waals surface area contributed by atoms with Crippen LogP contribution in [-0.4, -0.2) is 25.7 Å². The summed E-state index contributed by atoms with van der Waals surface area (Å²) < 4.78 is 47.1. The van der Waals surface area contributed by atoms with E-state index in [9.17, 15) is 8.42 Å². The Hall–Kier alpha value is -0.870. The zero-order valence-electron chi connectivity index (χ0n) is 10.6. The number of nitrogens with zero attached hydrogens (tertiary/aromatic N) is 1. The molecular weight excluding hydrogens is 198 g/mol. The van der Waals surface area contributed by atoms with Gasteiger partial charge in [-0.3, -0.25) is 0 Å². The van der Waals surface area contributed by atoms with Crippen molar-refractivity contribution < 1.29 is 12.5 Å². The third-order valence-corrected chi connectivity index (χ3v) is 3.86. The molecule has 1 aliphatic rings. The van der Waals surface area contributed by atoms with Gasteiger partial charge in [0.15, 0.2) is 0 Å².